The van der Waals surface area contributed by atoms with Gasteiger partial charge in [0, 0.05) is 6.54 Å². The minimum atomic E-state index is -1.82. The number of primary amides is 1. The summed E-state index contributed by atoms with van der Waals surface area (Å²) in [6.45, 7) is 0.732. The van der Waals surface area contributed by atoms with Crippen LogP contribution in [-0.2, 0) is 27.5 Å². The van der Waals surface area contributed by atoms with Crippen molar-refractivity contribution >= 4 is 17.8 Å². The minimum absolute atomic E-state index is 0.284. The lowest BCUT2D eigenvalue weighted by molar-refractivity contribution is -0.159. The maximum absolute atomic E-state index is 13.2. The third-order valence-corrected chi connectivity index (χ3v) is 4.02. The van der Waals surface area contributed by atoms with Gasteiger partial charge in [0.05, 0.1) is 6.26 Å². The molecule has 0 saturated heterocycles. The number of halogens is 1. The lowest BCUT2D eigenvalue weighted by atomic mass is 10.1. The van der Waals surface area contributed by atoms with Gasteiger partial charge in [0.2, 0.25) is 5.91 Å². The largest absolute Gasteiger partial charge is 0.489 e. The van der Waals surface area contributed by atoms with Crippen molar-refractivity contribution in [1.82, 2.24) is 5.32 Å². The molecule has 0 aliphatic heterocycles. The van der Waals surface area contributed by atoms with E-state index >= 15 is 0 Å². The van der Waals surface area contributed by atoms with Gasteiger partial charge >= 0.3 is 11.9 Å². The van der Waals surface area contributed by atoms with Gasteiger partial charge < -0.3 is 25.1 Å². The van der Waals surface area contributed by atoms with Crippen LogP contribution in [0.2, 0.25) is 0 Å². The van der Waals surface area contributed by atoms with Crippen molar-refractivity contribution in [2.24, 2.45) is 5.73 Å². The molecule has 0 aliphatic rings. The van der Waals surface area contributed by atoms with Crippen LogP contribution in [0.5, 0.6) is 5.75 Å². The summed E-state index contributed by atoms with van der Waals surface area (Å²) in [7, 11) is 0. The van der Waals surface area contributed by atoms with E-state index in [2.05, 4.69) is 5.32 Å². The summed E-state index contributed by atoms with van der Waals surface area (Å²) in [6, 6.07) is 16.4. The number of hydrogen-bond donors (Lipinski definition) is 4. The Morgan fingerprint density at radius 2 is 1.69 bits per heavy atom. The molecule has 10 heteroatoms. The molecule has 0 bridgehead atoms. The van der Waals surface area contributed by atoms with Gasteiger partial charge in [-0.1, -0.05) is 24.3 Å². The first-order valence-corrected chi connectivity index (χ1v) is 9.24. The number of carboxylic acids is 2. The first-order chi connectivity index (χ1) is 15.3. The van der Waals surface area contributed by atoms with Crippen molar-refractivity contribution in [2.45, 2.75) is 19.2 Å². The second kappa shape index (κ2) is 11.9. The molecule has 32 heavy (non-hydrogen) atoms. The Morgan fingerprint density at radius 3 is 2.22 bits per heavy atom. The van der Waals surface area contributed by atoms with Crippen LogP contribution in [0.1, 0.15) is 22.9 Å². The Hall–Kier alpha value is -4.18. The van der Waals surface area contributed by atoms with Crippen LogP contribution >= 0.6 is 0 Å². The zero-order chi connectivity index (χ0) is 23.5. The zero-order valence-electron chi connectivity index (χ0n) is 16.7. The second-order valence-corrected chi connectivity index (χ2v) is 6.40. The molecule has 9 nitrogen and oxygen atoms in total. The maximum Gasteiger partial charge on any atom is 0.414 e. The predicted molar refractivity (Wildman–Crippen MR) is 110 cm³/mol. The summed E-state index contributed by atoms with van der Waals surface area (Å²) < 4.78 is 24.0. The number of aliphatic carboxylic acids is 2. The number of nitrogens with two attached hydrogens (primary N) is 1. The van der Waals surface area contributed by atoms with E-state index in [4.69, 9.17) is 34.7 Å². The Bertz CT molecular complexity index is 1020. The number of carboxylic acid groups (broad SMARTS) is 2. The molecule has 1 aromatic heterocycles. The van der Waals surface area contributed by atoms with Gasteiger partial charge in [-0.25, -0.2) is 14.0 Å². The molecule has 3 rings (SSSR count). The smallest absolute Gasteiger partial charge is 0.414 e. The molecular weight excluding hydrogens is 423 g/mol. The van der Waals surface area contributed by atoms with Gasteiger partial charge in [0.1, 0.15) is 30.0 Å². The highest BCUT2D eigenvalue weighted by molar-refractivity contribution is 6.27. The highest BCUT2D eigenvalue weighted by atomic mass is 19.1. The molecule has 0 radical (unpaired) electrons. The molecule has 0 spiro atoms. The van der Waals surface area contributed by atoms with Crippen molar-refractivity contribution in [3.8, 4) is 5.75 Å². The average molecular weight is 444 g/mol. The zero-order valence-corrected chi connectivity index (χ0v) is 16.7. The van der Waals surface area contributed by atoms with Crippen LogP contribution in [-0.4, -0.2) is 28.1 Å². The monoisotopic (exact) mass is 444 g/mol. The van der Waals surface area contributed by atoms with Crippen LogP contribution in [0.4, 0.5) is 4.39 Å². The minimum Gasteiger partial charge on any atom is -0.489 e. The van der Waals surface area contributed by atoms with Gasteiger partial charge in [-0.3, -0.25) is 10.1 Å². The number of ether oxygens (including phenoxy) is 1. The quantitative estimate of drug-likeness (QED) is 0.387. The number of carbonyl (C=O) groups is 3. The molecule has 0 fully saturated rings. The fourth-order valence-corrected chi connectivity index (χ4v) is 2.51. The van der Waals surface area contributed by atoms with E-state index in [1.165, 1.54) is 18.4 Å². The standard InChI is InChI=1S/C20H19FN2O3.C2H2O4/c21-16-4-1-3-15(11-16)13-26-17-8-6-14(7-9-17)12-23-19(20(22)24)18-5-2-10-25-18;3-1(4)2(5)6/h1-11,19,23H,12-13H2,(H2,22,24);(H,3,4)(H,5,6). The van der Waals surface area contributed by atoms with Crippen molar-refractivity contribution in [1.29, 1.82) is 0 Å². The summed E-state index contributed by atoms with van der Waals surface area (Å²) in [4.78, 5) is 29.8. The van der Waals surface area contributed by atoms with Gasteiger partial charge in [0.15, 0.2) is 0 Å². The topological polar surface area (TPSA) is 152 Å². The van der Waals surface area contributed by atoms with Crippen molar-refractivity contribution in [2.75, 3.05) is 0 Å². The molecule has 2 aromatic carbocycles. The van der Waals surface area contributed by atoms with Crippen LogP contribution in [0, 0.1) is 5.82 Å². The fourth-order valence-electron chi connectivity index (χ4n) is 2.51. The Balaban J connectivity index is 0.000000534. The number of benzene rings is 2. The molecule has 0 aliphatic carbocycles. The van der Waals surface area contributed by atoms with E-state index < -0.39 is 23.9 Å². The predicted octanol–water partition coefficient (Wildman–Crippen LogP) is 2.47. The van der Waals surface area contributed by atoms with Crippen molar-refractivity contribution in [3.63, 3.8) is 0 Å². The number of carbonyl (C=O) groups excluding carboxylic acids is 1. The molecule has 168 valence electrons. The lowest BCUT2D eigenvalue weighted by Gasteiger charge is -2.13. The average Bonchev–Trinajstić information content (AvgIpc) is 3.28. The van der Waals surface area contributed by atoms with E-state index in [9.17, 15) is 9.18 Å². The number of rotatable bonds is 8. The number of hydrogen-bond acceptors (Lipinski definition) is 6. The molecule has 1 atom stereocenters. The van der Waals surface area contributed by atoms with Crippen LogP contribution in [0.3, 0.4) is 0 Å². The van der Waals surface area contributed by atoms with Crippen molar-refractivity contribution < 1.29 is 38.1 Å². The third-order valence-electron chi connectivity index (χ3n) is 4.02. The van der Waals surface area contributed by atoms with E-state index in [0.717, 1.165) is 11.1 Å². The fraction of sp³-hybridized carbons (Fsp3) is 0.136. The highest BCUT2D eigenvalue weighted by Gasteiger charge is 2.19. The first kappa shape index (κ1) is 24.1. The Kier molecular flexibility index (Phi) is 8.93. The number of nitrogens with one attached hydrogen (secondary N) is 1. The number of amides is 1. The molecule has 3 aromatic rings. The summed E-state index contributed by atoms with van der Waals surface area (Å²) in [5, 5.41) is 17.9. The Morgan fingerprint density at radius 1 is 1.00 bits per heavy atom. The molecule has 1 amide bonds. The molecule has 0 saturated carbocycles. The second-order valence-electron chi connectivity index (χ2n) is 6.40. The molecule has 1 heterocycles. The van der Waals surface area contributed by atoms with Crippen molar-refractivity contribution in [3.05, 3.63) is 89.6 Å². The van der Waals surface area contributed by atoms with Crippen LogP contribution in [0.25, 0.3) is 0 Å². The third kappa shape index (κ3) is 7.92. The van der Waals surface area contributed by atoms with Crippen LogP contribution < -0.4 is 15.8 Å². The van der Waals surface area contributed by atoms with E-state index in [1.54, 1.807) is 24.3 Å². The normalized spacial score (nSPS) is 11.0. The molecular formula is C22H21FN2O7. The molecule has 5 N–H and O–H groups in total. The lowest BCUT2D eigenvalue weighted by Crippen LogP contribution is -2.33. The molecule has 1 unspecified atom stereocenters. The van der Waals surface area contributed by atoms with E-state index in [0.29, 0.717) is 18.1 Å². The van der Waals surface area contributed by atoms with Gasteiger partial charge in [-0.05, 0) is 47.5 Å². The van der Waals surface area contributed by atoms with E-state index in [-0.39, 0.29) is 12.4 Å². The summed E-state index contributed by atoms with van der Waals surface area (Å²) >= 11 is 0. The van der Waals surface area contributed by atoms with Crippen LogP contribution in [0.15, 0.2) is 71.3 Å². The van der Waals surface area contributed by atoms with Gasteiger partial charge in [0.25, 0.3) is 0 Å². The van der Waals surface area contributed by atoms with E-state index in [1.807, 2.05) is 24.3 Å². The van der Waals surface area contributed by atoms with Gasteiger partial charge in [-0.2, -0.15) is 0 Å². The highest BCUT2D eigenvalue weighted by Crippen LogP contribution is 2.17. The Labute approximate surface area is 182 Å². The summed E-state index contributed by atoms with van der Waals surface area (Å²) in [6.07, 6.45) is 1.50. The first-order valence-electron chi connectivity index (χ1n) is 9.24. The summed E-state index contributed by atoms with van der Waals surface area (Å²) in [5.41, 5.74) is 7.14. The number of furan rings is 1. The summed E-state index contributed by atoms with van der Waals surface area (Å²) in [5.74, 6) is -3.28. The van der Waals surface area contributed by atoms with Gasteiger partial charge in [-0.15, -0.1) is 0 Å². The SMILES string of the molecule is NC(=O)C(NCc1ccc(OCc2cccc(F)c2)cc1)c1ccco1.O=C(O)C(=O)O. The maximum atomic E-state index is 13.2.